The molecule has 24 heavy (non-hydrogen) atoms. The number of pyridine rings is 1. The third kappa shape index (κ3) is 3.71. The van der Waals surface area contributed by atoms with Crippen LogP contribution in [0, 0.1) is 6.92 Å². The zero-order valence-corrected chi connectivity index (χ0v) is 14.2. The molecule has 0 saturated heterocycles. The molecule has 1 amide bonds. The number of carbonyl (C=O) groups excluding carboxylic acids is 1. The molecular formula is C20H21N3O. The Kier molecular flexibility index (Phi) is 4.47. The zero-order valence-electron chi connectivity index (χ0n) is 14.2. The Hall–Kier alpha value is -2.88. The van der Waals surface area contributed by atoms with Crippen molar-refractivity contribution in [2.45, 2.75) is 26.7 Å². The van der Waals surface area contributed by atoms with E-state index in [2.05, 4.69) is 36.3 Å². The number of hydrogen-bond acceptors (Lipinski definition) is 2. The molecule has 0 fully saturated rings. The molecular weight excluding hydrogens is 298 g/mol. The second-order valence-corrected chi connectivity index (χ2v) is 6.21. The van der Waals surface area contributed by atoms with Crippen molar-refractivity contribution in [3.05, 3.63) is 71.7 Å². The molecule has 0 bridgehead atoms. The van der Waals surface area contributed by atoms with Crippen molar-refractivity contribution in [3.8, 4) is 0 Å². The highest BCUT2D eigenvalue weighted by molar-refractivity contribution is 6.01. The van der Waals surface area contributed by atoms with Gasteiger partial charge in [-0.1, -0.05) is 38.1 Å². The summed E-state index contributed by atoms with van der Waals surface area (Å²) in [6, 6.07) is 12.0. The van der Waals surface area contributed by atoms with Gasteiger partial charge in [0.05, 0.1) is 11.4 Å². The van der Waals surface area contributed by atoms with Crippen LogP contribution < -0.4 is 5.32 Å². The molecule has 3 aromatic rings. The number of rotatable bonds is 4. The number of anilines is 1. The van der Waals surface area contributed by atoms with Crippen LogP contribution in [0.4, 0.5) is 5.69 Å². The summed E-state index contributed by atoms with van der Waals surface area (Å²) >= 11 is 0. The van der Waals surface area contributed by atoms with E-state index >= 15 is 0 Å². The van der Waals surface area contributed by atoms with Gasteiger partial charge in [0.2, 0.25) is 5.91 Å². The van der Waals surface area contributed by atoms with Crippen molar-refractivity contribution < 1.29 is 4.79 Å². The number of carbonyl (C=O) groups is 1. The number of hydrogen-bond donors (Lipinski definition) is 1. The third-order valence-corrected chi connectivity index (χ3v) is 3.87. The molecule has 2 aromatic heterocycles. The van der Waals surface area contributed by atoms with E-state index in [0.717, 1.165) is 22.6 Å². The van der Waals surface area contributed by atoms with Gasteiger partial charge in [-0.15, -0.1) is 0 Å². The SMILES string of the molecule is Cc1cn2cc(NC(=O)/C=C/c3ccc(C(C)C)cc3)ccc2n1. The summed E-state index contributed by atoms with van der Waals surface area (Å²) in [7, 11) is 0. The Balaban J connectivity index is 1.67. The summed E-state index contributed by atoms with van der Waals surface area (Å²) in [4.78, 5) is 16.4. The van der Waals surface area contributed by atoms with E-state index in [1.54, 1.807) is 6.08 Å². The van der Waals surface area contributed by atoms with Crippen LogP contribution in [0.2, 0.25) is 0 Å². The highest BCUT2D eigenvalue weighted by atomic mass is 16.1. The van der Waals surface area contributed by atoms with Crippen LogP contribution in [0.25, 0.3) is 11.7 Å². The second-order valence-electron chi connectivity index (χ2n) is 6.21. The van der Waals surface area contributed by atoms with Crippen LogP contribution in [0.1, 0.15) is 36.6 Å². The van der Waals surface area contributed by atoms with E-state index in [-0.39, 0.29) is 5.91 Å². The first-order valence-electron chi connectivity index (χ1n) is 8.05. The molecule has 1 aromatic carbocycles. The van der Waals surface area contributed by atoms with E-state index in [1.165, 1.54) is 5.56 Å². The summed E-state index contributed by atoms with van der Waals surface area (Å²) in [6.45, 7) is 6.27. The number of aromatic nitrogens is 2. The molecule has 0 atom stereocenters. The summed E-state index contributed by atoms with van der Waals surface area (Å²) in [5.41, 5.74) is 4.86. The summed E-state index contributed by atoms with van der Waals surface area (Å²) in [5.74, 6) is 0.354. The lowest BCUT2D eigenvalue weighted by Crippen LogP contribution is -2.08. The van der Waals surface area contributed by atoms with Gasteiger partial charge in [-0.25, -0.2) is 4.98 Å². The predicted octanol–water partition coefficient (Wildman–Crippen LogP) is 4.42. The van der Waals surface area contributed by atoms with Gasteiger partial charge in [0.15, 0.2) is 0 Å². The fourth-order valence-electron chi connectivity index (χ4n) is 2.54. The van der Waals surface area contributed by atoms with Crippen molar-refractivity contribution in [2.75, 3.05) is 5.32 Å². The van der Waals surface area contributed by atoms with Crippen LogP contribution in [-0.2, 0) is 4.79 Å². The minimum atomic E-state index is -0.154. The van der Waals surface area contributed by atoms with Gasteiger partial charge in [-0.2, -0.15) is 0 Å². The van der Waals surface area contributed by atoms with Crippen LogP contribution in [-0.4, -0.2) is 15.3 Å². The summed E-state index contributed by atoms with van der Waals surface area (Å²) in [6.07, 6.45) is 7.16. The molecule has 0 saturated carbocycles. The van der Waals surface area contributed by atoms with Gasteiger partial charge in [-0.3, -0.25) is 4.79 Å². The van der Waals surface area contributed by atoms with Crippen molar-refractivity contribution in [1.29, 1.82) is 0 Å². The van der Waals surface area contributed by atoms with Crippen LogP contribution in [0.5, 0.6) is 0 Å². The van der Waals surface area contributed by atoms with Gasteiger partial charge in [0.25, 0.3) is 0 Å². The molecule has 0 aliphatic heterocycles. The molecule has 0 aliphatic carbocycles. The maximum atomic E-state index is 12.1. The largest absolute Gasteiger partial charge is 0.321 e. The Morgan fingerprint density at radius 1 is 1.12 bits per heavy atom. The highest BCUT2D eigenvalue weighted by Gasteiger charge is 2.02. The quantitative estimate of drug-likeness (QED) is 0.724. The van der Waals surface area contributed by atoms with Crippen molar-refractivity contribution in [2.24, 2.45) is 0 Å². The van der Waals surface area contributed by atoms with Crippen molar-refractivity contribution in [1.82, 2.24) is 9.38 Å². The number of benzene rings is 1. The molecule has 4 heteroatoms. The summed E-state index contributed by atoms with van der Waals surface area (Å²) in [5, 5.41) is 2.87. The highest BCUT2D eigenvalue weighted by Crippen LogP contribution is 2.15. The molecule has 0 spiro atoms. The molecule has 0 aliphatic rings. The van der Waals surface area contributed by atoms with E-state index in [4.69, 9.17) is 0 Å². The van der Waals surface area contributed by atoms with Gasteiger partial charge in [-0.05, 0) is 42.2 Å². The van der Waals surface area contributed by atoms with Crippen molar-refractivity contribution in [3.63, 3.8) is 0 Å². The molecule has 3 rings (SSSR count). The minimum absolute atomic E-state index is 0.154. The average Bonchev–Trinajstić information content (AvgIpc) is 2.92. The van der Waals surface area contributed by atoms with Gasteiger partial charge in [0, 0.05) is 18.5 Å². The Morgan fingerprint density at radius 3 is 2.58 bits per heavy atom. The first-order chi connectivity index (χ1) is 11.5. The molecule has 0 radical (unpaired) electrons. The maximum absolute atomic E-state index is 12.1. The molecule has 1 N–H and O–H groups in total. The Bertz CT molecular complexity index is 889. The van der Waals surface area contributed by atoms with Crippen molar-refractivity contribution >= 4 is 23.3 Å². The Morgan fingerprint density at radius 2 is 1.88 bits per heavy atom. The first kappa shape index (κ1) is 16.0. The van der Waals surface area contributed by atoms with E-state index < -0.39 is 0 Å². The fourth-order valence-corrected chi connectivity index (χ4v) is 2.54. The standard InChI is InChI=1S/C20H21N3O/c1-14(2)17-7-4-16(5-8-17)6-11-20(24)22-18-9-10-19-21-15(3)12-23(19)13-18/h4-14H,1-3H3,(H,22,24)/b11-6+. The van der Waals surface area contributed by atoms with Crippen LogP contribution in [0.3, 0.4) is 0 Å². The number of nitrogens with one attached hydrogen (secondary N) is 1. The van der Waals surface area contributed by atoms with E-state index in [1.807, 2.05) is 54.1 Å². The van der Waals surface area contributed by atoms with E-state index in [9.17, 15) is 4.79 Å². The molecule has 2 heterocycles. The van der Waals surface area contributed by atoms with Crippen LogP contribution in [0.15, 0.2) is 54.9 Å². The van der Waals surface area contributed by atoms with Gasteiger partial charge < -0.3 is 9.72 Å². The number of nitrogens with zero attached hydrogens (tertiary/aromatic N) is 2. The van der Waals surface area contributed by atoms with Crippen LogP contribution >= 0.6 is 0 Å². The Labute approximate surface area is 141 Å². The lowest BCUT2D eigenvalue weighted by Gasteiger charge is -2.05. The third-order valence-electron chi connectivity index (χ3n) is 3.87. The topological polar surface area (TPSA) is 46.4 Å². The van der Waals surface area contributed by atoms with Gasteiger partial charge in [0.1, 0.15) is 5.65 Å². The number of aryl methyl sites for hydroxylation is 1. The number of imidazole rings is 1. The van der Waals surface area contributed by atoms with E-state index in [0.29, 0.717) is 5.92 Å². The number of amides is 1. The zero-order chi connectivity index (χ0) is 17.1. The molecule has 122 valence electrons. The lowest BCUT2D eigenvalue weighted by molar-refractivity contribution is -0.111. The summed E-state index contributed by atoms with van der Waals surface area (Å²) < 4.78 is 1.90. The average molecular weight is 319 g/mol. The second kappa shape index (κ2) is 6.71. The fraction of sp³-hybridized carbons (Fsp3) is 0.200. The van der Waals surface area contributed by atoms with Gasteiger partial charge >= 0.3 is 0 Å². The molecule has 0 unspecified atom stereocenters. The predicted molar refractivity (Wildman–Crippen MR) is 98.1 cm³/mol. The smallest absolute Gasteiger partial charge is 0.248 e. The number of fused-ring (bicyclic) bond motifs is 1. The lowest BCUT2D eigenvalue weighted by atomic mass is 10.0. The normalized spacial score (nSPS) is 11.5. The maximum Gasteiger partial charge on any atom is 0.248 e. The molecule has 4 nitrogen and oxygen atoms in total. The minimum Gasteiger partial charge on any atom is -0.321 e. The monoisotopic (exact) mass is 319 g/mol. The first-order valence-corrected chi connectivity index (χ1v) is 8.05.